The molecule has 2 atom stereocenters. The van der Waals surface area contributed by atoms with Gasteiger partial charge in [0.2, 0.25) is 5.91 Å². The van der Waals surface area contributed by atoms with E-state index >= 15 is 0 Å². The van der Waals surface area contributed by atoms with Crippen molar-refractivity contribution in [3.63, 3.8) is 0 Å². The minimum absolute atomic E-state index is 0.173. The van der Waals surface area contributed by atoms with Crippen LogP contribution in [0.2, 0.25) is 0 Å². The molecule has 1 N–H and O–H groups in total. The lowest BCUT2D eigenvalue weighted by atomic mass is 10.2. The fourth-order valence-corrected chi connectivity index (χ4v) is 3.04. The van der Waals surface area contributed by atoms with Gasteiger partial charge in [0.15, 0.2) is 0 Å². The standard InChI is InChI=1S/C17H24N2O3/c20-17(19-11-15-16(12-19)22-10-8-18-15)7-4-9-21-13-14-5-2-1-3-6-14/h1-3,5-6,15-16,18H,4,7-13H2. The predicted molar refractivity (Wildman–Crippen MR) is 83.4 cm³/mol. The number of benzene rings is 1. The number of rotatable bonds is 6. The number of hydrogen-bond donors (Lipinski definition) is 1. The van der Waals surface area contributed by atoms with Crippen LogP contribution < -0.4 is 5.32 Å². The number of ether oxygens (including phenoxy) is 2. The summed E-state index contributed by atoms with van der Waals surface area (Å²) >= 11 is 0. The average Bonchev–Trinajstić information content (AvgIpc) is 2.99. The average molecular weight is 304 g/mol. The molecule has 5 nitrogen and oxygen atoms in total. The van der Waals surface area contributed by atoms with Gasteiger partial charge in [0.25, 0.3) is 0 Å². The summed E-state index contributed by atoms with van der Waals surface area (Å²) < 4.78 is 11.3. The Labute approximate surface area is 131 Å². The van der Waals surface area contributed by atoms with Gasteiger partial charge in [-0.15, -0.1) is 0 Å². The topological polar surface area (TPSA) is 50.8 Å². The lowest BCUT2D eigenvalue weighted by molar-refractivity contribution is -0.131. The molecule has 0 spiro atoms. The Kier molecular flexibility index (Phi) is 5.43. The van der Waals surface area contributed by atoms with Gasteiger partial charge in [-0.25, -0.2) is 0 Å². The van der Waals surface area contributed by atoms with Crippen LogP contribution in [0.3, 0.4) is 0 Å². The molecule has 0 saturated carbocycles. The Morgan fingerprint density at radius 3 is 3.00 bits per heavy atom. The third-order valence-electron chi connectivity index (χ3n) is 4.25. The lowest BCUT2D eigenvalue weighted by Crippen LogP contribution is -2.47. The molecule has 120 valence electrons. The number of carbonyl (C=O) groups is 1. The minimum atomic E-state index is 0.173. The molecule has 0 radical (unpaired) electrons. The minimum Gasteiger partial charge on any atom is -0.377 e. The number of likely N-dealkylation sites (tertiary alicyclic amines) is 1. The fourth-order valence-electron chi connectivity index (χ4n) is 3.04. The first kappa shape index (κ1) is 15.5. The SMILES string of the molecule is O=C(CCCOCc1ccccc1)N1CC2NCCOC2C1. The highest BCUT2D eigenvalue weighted by molar-refractivity contribution is 5.76. The maximum absolute atomic E-state index is 12.2. The summed E-state index contributed by atoms with van der Waals surface area (Å²) in [6.45, 7) is 4.36. The van der Waals surface area contributed by atoms with Crippen LogP contribution >= 0.6 is 0 Å². The molecule has 2 aliphatic heterocycles. The van der Waals surface area contributed by atoms with Crippen LogP contribution in [0.1, 0.15) is 18.4 Å². The molecule has 22 heavy (non-hydrogen) atoms. The zero-order valence-electron chi connectivity index (χ0n) is 12.9. The molecule has 2 heterocycles. The number of morpholine rings is 1. The van der Waals surface area contributed by atoms with E-state index in [1.165, 1.54) is 5.56 Å². The Balaban J connectivity index is 1.31. The first-order valence-corrected chi connectivity index (χ1v) is 8.07. The Morgan fingerprint density at radius 1 is 1.32 bits per heavy atom. The lowest BCUT2D eigenvalue weighted by Gasteiger charge is -2.25. The maximum atomic E-state index is 12.2. The molecule has 5 heteroatoms. The van der Waals surface area contributed by atoms with Crippen LogP contribution in [-0.4, -0.2) is 55.8 Å². The van der Waals surface area contributed by atoms with Gasteiger partial charge in [0, 0.05) is 32.7 Å². The number of nitrogens with one attached hydrogen (secondary N) is 1. The van der Waals surface area contributed by atoms with Gasteiger partial charge >= 0.3 is 0 Å². The third kappa shape index (κ3) is 4.06. The van der Waals surface area contributed by atoms with Crippen LogP contribution in [0.25, 0.3) is 0 Å². The molecule has 0 aliphatic carbocycles. The third-order valence-corrected chi connectivity index (χ3v) is 4.25. The second-order valence-electron chi connectivity index (χ2n) is 5.91. The zero-order chi connectivity index (χ0) is 15.2. The zero-order valence-corrected chi connectivity index (χ0v) is 12.9. The van der Waals surface area contributed by atoms with Crippen LogP contribution in [0.5, 0.6) is 0 Å². The van der Waals surface area contributed by atoms with Gasteiger partial charge in [-0.1, -0.05) is 30.3 Å². The first-order chi connectivity index (χ1) is 10.8. The quantitative estimate of drug-likeness (QED) is 0.802. The van der Waals surface area contributed by atoms with Gasteiger partial charge in [0.1, 0.15) is 0 Å². The number of nitrogens with zero attached hydrogens (tertiary/aromatic N) is 1. The van der Waals surface area contributed by atoms with Gasteiger partial charge in [-0.05, 0) is 12.0 Å². The second kappa shape index (κ2) is 7.72. The van der Waals surface area contributed by atoms with Crippen LogP contribution in [0.4, 0.5) is 0 Å². The summed E-state index contributed by atoms with van der Waals surface area (Å²) in [6, 6.07) is 10.4. The summed E-state index contributed by atoms with van der Waals surface area (Å²) in [6.07, 6.45) is 1.49. The highest BCUT2D eigenvalue weighted by Gasteiger charge is 2.37. The largest absolute Gasteiger partial charge is 0.377 e. The van der Waals surface area contributed by atoms with Gasteiger partial charge < -0.3 is 19.7 Å². The highest BCUT2D eigenvalue weighted by Crippen LogP contribution is 2.17. The number of amides is 1. The van der Waals surface area contributed by atoms with Crippen molar-refractivity contribution in [3.8, 4) is 0 Å². The van der Waals surface area contributed by atoms with E-state index in [4.69, 9.17) is 9.47 Å². The van der Waals surface area contributed by atoms with Crippen molar-refractivity contribution >= 4 is 5.91 Å². The molecule has 1 aromatic carbocycles. The maximum Gasteiger partial charge on any atom is 0.222 e. The highest BCUT2D eigenvalue weighted by atomic mass is 16.5. The van der Waals surface area contributed by atoms with E-state index < -0.39 is 0 Å². The Morgan fingerprint density at radius 2 is 2.18 bits per heavy atom. The van der Waals surface area contributed by atoms with E-state index in [0.717, 1.165) is 32.7 Å². The van der Waals surface area contributed by atoms with Gasteiger partial charge in [0.05, 0.1) is 25.4 Å². The van der Waals surface area contributed by atoms with Crippen LogP contribution in [0.15, 0.2) is 30.3 Å². The molecule has 1 aromatic rings. The second-order valence-corrected chi connectivity index (χ2v) is 5.91. The fraction of sp³-hybridized carbons (Fsp3) is 0.588. The van der Waals surface area contributed by atoms with Crippen molar-refractivity contribution in [3.05, 3.63) is 35.9 Å². The van der Waals surface area contributed by atoms with Gasteiger partial charge in [-0.2, -0.15) is 0 Å². The van der Waals surface area contributed by atoms with Crippen molar-refractivity contribution in [2.75, 3.05) is 32.8 Å². The summed E-state index contributed by atoms with van der Waals surface area (Å²) in [7, 11) is 0. The van der Waals surface area contributed by atoms with Crippen molar-refractivity contribution in [2.45, 2.75) is 31.6 Å². The molecule has 3 rings (SSSR count). The molecule has 0 aromatic heterocycles. The van der Waals surface area contributed by atoms with E-state index in [-0.39, 0.29) is 12.0 Å². The van der Waals surface area contributed by atoms with Crippen molar-refractivity contribution in [2.24, 2.45) is 0 Å². The summed E-state index contributed by atoms with van der Waals surface area (Å²) in [5, 5.41) is 3.42. The normalized spacial score (nSPS) is 24.3. The van der Waals surface area contributed by atoms with Crippen molar-refractivity contribution in [1.29, 1.82) is 0 Å². The molecular formula is C17H24N2O3. The number of carbonyl (C=O) groups excluding carboxylic acids is 1. The van der Waals surface area contributed by atoms with Crippen molar-refractivity contribution in [1.82, 2.24) is 10.2 Å². The van der Waals surface area contributed by atoms with Gasteiger partial charge in [-0.3, -0.25) is 4.79 Å². The van der Waals surface area contributed by atoms with Crippen molar-refractivity contribution < 1.29 is 14.3 Å². The number of fused-ring (bicyclic) bond motifs is 1. The monoisotopic (exact) mass is 304 g/mol. The summed E-state index contributed by atoms with van der Waals surface area (Å²) in [4.78, 5) is 14.1. The predicted octanol–water partition coefficient (Wildman–Crippen LogP) is 1.18. The molecule has 2 saturated heterocycles. The summed E-state index contributed by atoms with van der Waals surface area (Å²) in [5.74, 6) is 0.211. The summed E-state index contributed by atoms with van der Waals surface area (Å²) in [5.41, 5.74) is 1.17. The van der Waals surface area contributed by atoms with Crippen LogP contribution in [-0.2, 0) is 20.9 Å². The molecular weight excluding hydrogens is 280 g/mol. The number of hydrogen-bond acceptors (Lipinski definition) is 4. The Hall–Kier alpha value is -1.43. The molecule has 2 aliphatic rings. The van der Waals surface area contributed by atoms with E-state index in [9.17, 15) is 4.79 Å². The van der Waals surface area contributed by atoms with E-state index in [1.54, 1.807) is 0 Å². The van der Waals surface area contributed by atoms with E-state index in [2.05, 4.69) is 5.32 Å². The van der Waals surface area contributed by atoms with E-state index in [1.807, 2.05) is 35.2 Å². The molecule has 2 unspecified atom stereocenters. The molecule has 1 amide bonds. The van der Waals surface area contributed by atoms with E-state index in [0.29, 0.717) is 25.7 Å². The first-order valence-electron chi connectivity index (χ1n) is 8.07. The Bertz CT molecular complexity index is 466. The smallest absolute Gasteiger partial charge is 0.222 e. The molecule has 2 fully saturated rings. The molecule has 0 bridgehead atoms. The van der Waals surface area contributed by atoms with Crippen LogP contribution in [0, 0.1) is 0 Å².